The fourth-order valence-electron chi connectivity index (χ4n) is 1.91. The lowest BCUT2D eigenvalue weighted by molar-refractivity contribution is 0.0562. The molecule has 82 valence electrons. The summed E-state index contributed by atoms with van der Waals surface area (Å²) in [7, 11) is 0. The summed E-state index contributed by atoms with van der Waals surface area (Å²) < 4.78 is 0. The quantitative estimate of drug-likeness (QED) is 0.626. The monoisotopic (exact) mass is 199 g/mol. The maximum atomic E-state index is 9.40. The SMILES string of the molecule is OCC(O)CN(CC1CC1)CC1CC1. The summed E-state index contributed by atoms with van der Waals surface area (Å²) in [6.07, 6.45) is 4.88. The van der Waals surface area contributed by atoms with Crippen molar-refractivity contribution in [3.63, 3.8) is 0 Å². The van der Waals surface area contributed by atoms with Gasteiger partial charge in [-0.1, -0.05) is 0 Å². The molecule has 1 unspecified atom stereocenters. The Morgan fingerprint density at radius 2 is 1.57 bits per heavy atom. The number of rotatable bonds is 7. The molecule has 3 nitrogen and oxygen atoms in total. The first-order chi connectivity index (χ1) is 6.78. The zero-order chi connectivity index (χ0) is 9.97. The Balaban J connectivity index is 1.71. The van der Waals surface area contributed by atoms with E-state index in [1.807, 2.05) is 0 Å². The average Bonchev–Trinajstić information content (AvgIpc) is 2.99. The predicted molar refractivity (Wildman–Crippen MR) is 55.0 cm³/mol. The summed E-state index contributed by atoms with van der Waals surface area (Å²) in [6.45, 7) is 2.82. The van der Waals surface area contributed by atoms with Crippen LogP contribution in [0.1, 0.15) is 25.7 Å². The Labute approximate surface area is 85.7 Å². The first kappa shape index (κ1) is 10.4. The van der Waals surface area contributed by atoms with Gasteiger partial charge in [0.25, 0.3) is 0 Å². The van der Waals surface area contributed by atoms with Crippen LogP contribution in [0.4, 0.5) is 0 Å². The van der Waals surface area contributed by atoms with Crippen LogP contribution in [0.2, 0.25) is 0 Å². The van der Waals surface area contributed by atoms with Gasteiger partial charge in [-0.05, 0) is 37.5 Å². The van der Waals surface area contributed by atoms with Crippen LogP contribution in [-0.4, -0.2) is 47.5 Å². The van der Waals surface area contributed by atoms with Crippen LogP contribution in [-0.2, 0) is 0 Å². The van der Waals surface area contributed by atoms with Gasteiger partial charge in [0.15, 0.2) is 0 Å². The molecule has 0 amide bonds. The Morgan fingerprint density at radius 3 is 1.93 bits per heavy atom. The van der Waals surface area contributed by atoms with Gasteiger partial charge in [-0.25, -0.2) is 0 Å². The Bertz CT molecular complexity index is 164. The van der Waals surface area contributed by atoms with E-state index < -0.39 is 6.10 Å². The van der Waals surface area contributed by atoms with Crippen LogP contribution in [0.5, 0.6) is 0 Å². The second kappa shape index (κ2) is 4.60. The molecule has 0 heterocycles. The molecule has 2 saturated carbocycles. The first-order valence-corrected chi connectivity index (χ1v) is 5.79. The van der Waals surface area contributed by atoms with Gasteiger partial charge in [0.2, 0.25) is 0 Å². The van der Waals surface area contributed by atoms with Gasteiger partial charge in [-0.3, -0.25) is 0 Å². The molecule has 0 aromatic heterocycles. The molecule has 3 heteroatoms. The average molecular weight is 199 g/mol. The molecule has 2 fully saturated rings. The smallest absolute Gasteiger partial charge is 0.0897 e. The fraction of sp³-hybridized carbons (Fsp3) is 1.00. The maximum Gasteiger partial charge on any atom is 0.0897 e. The molecule has 14 heavy (non-hydrogen) atoms. The summed E-state index contributed by atoms with van der Waals surface area (Å²) in [5.41, 5.74) is 0. The highest BCUT2D eigenvalue weighted by Gasteiger charge is 2.29. The van der Waals surface area contributed by atoms with Crippen LogP contribution < -0.4 is 0 Å². The summed E-state index contributed by atoms with van der Waals surface area (Å²) >= 11 is 0. The lowest BCUT2D eigenvalue weighted by atomic mass is 10.2. The lowest BCUT2D eigenvalue weighted by Gasteiger charge is -2.24. The molecule has 0 bridgehead atoms. The van der Waals surface area contributed by atoms with E-state index in [9.17, 15) is 5.11 Å². The number of aliphatic hydroxyl groups is 2. The maximum absolute atomic E-state index is 9.40. The van der Waals surface area contributed by atoms with E-state index in [4.69, 9.17) is 5.11 Å². The zero-order valence-corrected chi connectivity index (χ0v) is 8.73. The number of hydrogen-bond donors (Lipinski definition) is 2. The largest absolute Gasteiger partial charge is 0.394 e. The van der Waals surface area contributed by atoms with Crippen molar-refractivity contribution in [2.45, 2.75) is 31.8 Å². The van der Waals surface area contributed by atoms with E-state index in [1.165, 1.54) is 25.7 Å². The fourth-order valence-corrected chi connectivity index (χ4v) is 1.91. The Hall–Kier alpha value is -0.120. The van der Waals surface area contributed by atoms with Crippen LogP contribution in [0, 0.1) is 11.8 Å². The van der Waals surface area contributed by atoms with Gasteiger partial charge in [-0.2, -0.15) is 0 Å². The highest BCUT2D eigenvalue weighted by Crippen LogP contribution is 2.33. The van der Waals surface area contributed by atoms with Crippen LogP contribution in [0.3, 0.4) is 0 Å². The zero-order valence-electron chi connectivity index (χ0n) is 8.73. The minimum Gasteiger partial charge on any atom is -0.394 e. The van der Waals surface area contributed by atoms with Crippen molar-refractivity contribution >= 4 is 0 Å². The minimum absolute atomic E-state index is 0.105. The molecule has 2 N–H and O–H groups in total. The van der Waals surface area contributed by atoms with Gasteiger partial charge < -0.3 is 15.1 Å². The molecule has 0 saturated heterocycles. The second-order valence-corrected chi connectivity index (χ2v) is 4.94. The van der Waals surface area contributed by atoms with E-state index >= 15 is 0 Å². The second-order valence-electron chi connectivity index (χ2n) is 4.94. The van der Waals surface area contributed by atoms with E-state index in [1.54, 1.807) is 0 Å². The van der Waals surface area contributed by atoms with Crippen molar-refractivity contribution in [2.75, 3.05) is 26.2 Å². The van der Waals surface area contributed by atoms with Gasteiger partial charge in [0, 0.05) is 19.6 Å². The van der Waals surface area contributed by atoms with E-state index in [2.05, 4.69) is 4.90 Å². The van der Waals surface area contributed by atoms with Crippen molar-refractivity contribution in [3.05, 3.63) is 0 Å². The number of nitrogens with zero attached hydrogens (tertiary/aromatic N) is 1. The van der Waals surface area contributed by atoms with Gasteiger partial charge >= 0.3 is 0 Å². The normalized spacial score (nSPS) is 24.2. The highest BCUT2D eigenvalue weighted by atomic mass is 16.3. The first-order valence-electron chi connectivity index (χ1n) is 5.79. The molecule has 2 rings (SSSR count). The highest BCUT2D eigenvalue weighted by molar-refractivity contribution is 4.83. The van der Waals surface area contributed by atoms with Crippen molar-refractivity contribution in [2.24, 2.45) is 11.8 Å². The summed E-state index contributed by atoms with van der Waals surface area (Å²) in [4.78, 5) is 2.34. The molecule has 0 aliphatic heterocycles. The molecule has 0 spiro atoms. The van der Waals surface area contributed by atoms with Gasteiger partial charge in [0.1, 0.15) is 0 Å². The molecule has 1 atom stereocenters. The third-order valence-corrected chi connectivity index (χ3v) is 3.11. The third kappa shape index (κ3) is 3.56. The van der Waals surface area contributed by atoms with Crippen molar-refractivity contribution in [3.8, 4) is 0 Å². The van der Waals surface area contributed by atoms with Crippen molar-refractivity contribution in [1.82, 2.24) is 4.90 Å². The predicted octanol–water partition coefficient (Wildman–Crippen LogP) is 0.462. The van der Waals surface area contributed by atoms with Crippen molar-refractivity contribution in [1.29, 1.82) is 0 Å². The van der Waals surface area contributed by atoms with Gasteiger partial charge in [0.05, 0.1) is 12.7 Å². The Morgan fingerprint density at radius 1 is 1.07 bits per heavy atom. The van der Waals surface area contributed by atoms with Crippen LogP contribution in [0.25, 0.3) is 0 Å². The Kier molecular flexibility index (Phi) is 3.42. The molecule has 0 radical (unpaired) electrons. The van der Waals surface area contributed by atoms with E-state index in [-0.39, 0.29) is 6.61 Å². The lowest BCUT2D eigenvalue weighted by Crippen LogP contribution is -2.37. The van der Waals surface area contributed by atoms with Crippen LogP contribution >= 0.6 is 0 Å². The number of hydrogen-bond acceptors (Lipinski definition) is 3. The molecule has 0 aromatic rings. The summed E-state index contributed by atoms with van der Waals surface area (Å²) in [5, 5.41) is 18.2. The summed E-state index contributed by atoms with van der Waals surface area (Å²) in [5.74, 6) is 1.75. The number of aliphatic hydroxyl groups excluding tert-OH is 2. The minimum atomic E-state index is -0.549. The third-order valence-electron chi connectivity index (χ3n) is 3.11. The van der Waals surface area contributed by atoms with E-state index in [0.717, 1.165) is 24.9 Å². The van der Waals surface area contributed by atoms with E-state index in [0.29, 0.717) is 6.54 Å². The topological polar surface area (TPSA) is 43.7 Å². The molecule has 2 aliphatic rings. The summed E-state index contributed by atoms with van der Waals surface area (Å²) in [6, 6.07) is 0. The molecular formula is C11H21NO2. The van der Waals surface area contributed by atoms with Crippen molar-refractivity contribution < 1.29 is 10.2 Å². The van der Waals surface area contributed by atoms with Crippen LogP contribution in [0.15, 0.2) is 0 Å². The standard InChI is InChI=1S/C11H21NO2/c13-8-11(14)7-12(5-9-1-2-9)6-10-3-4-10/h9-11,13-14H,1-8H2. The van der Waals surface area contributed by atoms with Gasteiger partial charge in [-0.15, -0.1) is 0 Å². The molecule has 0 aromatic carbocycles. The molecule has 2 aliphatic carbocycles. The molecular weight excluding hydrogens is 178 g/mol.